The second-order valence-electron chi connectivity index (χ2n) is 6.82. The van der Waals surface area contributed by atoms with Crippen LogP contribution < -0.4 is 10.2 Å². The molecule has 2 atom stereocenters. The van der Waals surface area contributed by atoms with Gasteiger partial charge in [0.2, 0.25) is 0 Å². The van der Waals surface area contributed by atoms with E-state index in [2.05, 4.69) is 15.3 Å². The monoisotopic (exact) mass is 346 g/mol. The lowest BCUT2D eigenvalue weighted by Crippen LogP contribution is -2.25. The topological polar surface area (TPSA) is 61.3 Å². The molecule has 0 bridgehead atoms. The molecule has 2 aliphatic rings. The molecule has 2 heterocycles. The van der Waals surface area contributed by atoms with Gasteiger partial charge in [-0.15, -0.1) is 0 Å². The molecular weight excluding hydrogens is 326 g/mol. The van der Waals surface area contributed by atoms with Crippen molar-refractivity contribution in [1.82, 2.24) is 9.97 Å². The summed E-state index contributed by atoms with van der Waals surface area (Å²) in [6, 6.07) is 5.46. The maximum absolute atomic E-state index is 13.6. The number of hydrogen-bond donors (Lipinski definition) is 2. The van der Waals surface area contributed by atoms with Gasteiger partial charge in [0, 0.05) is 19.2 Å². The average molecular weight is 346 g/mol. The zero-order valence-electron chi connectivity index (χ0n) is 13.7. The molecule has 25 heavy (non-hydrogen) atoms. The van der Waals surface area contributed by atoms with E-state index >= 15 is 0 Å². The van der Waals surface area contributed by atoms with E-state index in [1.54, 1.807) is 6.07 Å². The van der Waals surface area contributed by atoms with Gasteiger partial charge in [-0.2, -0.15) is 0 Å². The summed E-state index contributed by atoms with van der Waals surface area (Å²) in [6.07, 6.45) is 3.89. The Morgan fingerprint density at radius 1 is 1.16 bits per heavy atom. The second kappa shape index (κ2) is 6.55. The Labute approximate surface area is 144 Å². The van der Waals surface area contributed by atoms with Crippen LogP contribution in [0.2, 0.25) is 0 Å². The average Bonchev–Trinajstić information content (AvgIpc) is 3.36. The fourth-order valence-electron chi connectivity index (χ4n) is 3.27. The first kappa shape index (κ1) is 16.2. The standard InChI is InChI=1S/C18H20F2N4O/c19-14-4-3-12(5-15(14)20)16-6-13(25)9-24(16)18-7-17(22-10-23-18)21-8-11-1-2-11/h3-5,7,10-11,13,16,25H,1-2,6,8-9H2,(H,21,22,23)/t13-,16+/m1/s1. The number of aromatic nitrogens is 2. The van der Waals surface area contributed by atoms with Gasteiger partial charge in [0.1, 0.15) is 18.0 Å². The highest BCUT2D eigenvalue weighted by molar-refractivity contribution is 5.51. The van der Waals surface area contributed by atoms with Crippen LogP contribution in [0.25, 0.3) is 0 Å². The molecule has 1 aromatic carbocycles. The van der Waals surface area contributed by atoms with Gasteiger partial charge in [0.05, 0.1) is 12.1 Å². The SMILES string of the molecule is O[C@@H]1C[C@@H](c2ccc(F)c(F)c2)N(c2cc(NCC3CC3)ncn2)C1. The highest BCUT2D eigenvalue weighted by atomic mass is 19.2. The lowest BCUT2D eigenvalue weighted by Gasteiger charge is -2.26. The van der Waals surface area contributed by atoms with Crippen molar-refractivity contribution in [2.45, 2.75) is 31.4 Å². The molecule has 2 aromatic rings. The van der Waals surface area contributed by atoms with Crippen molar-refractivity contribution >= 4 is 11.6 Å². The number of benzene rings is 1. The van der Waals surface area contributed by atoms with Crippen LogP contribution in [0, 0.1) is 17.6 Å². The zero-order valence-corrected chi connectivity index (χ0v) is 13.7. The Hall–Kier alpha value is -2.28. The number of hydrogen-bond acceptors (Lipinski definition) is 5. The van der Waals surface area contributed by atoms with Crippen LogP contribution in [0.15, 0.2) is 30.6 Å². The minimum atomic E-state index is -0.881. The van der Waals surface area contributed by atoms with Crippen molar-refractivity contribution in [2.75, 3.05) is 23.3 Å². The van der Waals surface area contributed by atoms with E-state index in [4.69, 9.17) is 0 Å². The Balaban J connectivity index is 1.58. The van der Waals surface area contributed by atoms with Gasteiger partial charge in [-0.25, -0.2) is 18.7 Å². The van der Waals surface area contributed by atoms with Gasteiger partial charge < -0.3 is 15.3 Å². The quantitative estimate of drug-likeness (QED) is 0.872. The van der Waals surface area contributed by atoms with Crippen molar-refractivity contribution in [1.29, 1.82) is 0 Å². The van der Waals surface area contributed by atoms with Crippen molar-refractivity contribution < 1.29 is 13.9 Å². The summed E-state index contributed by atoms with van der Waals surface area (Å²) in [5, 5.41) is 13.4. The van der Waals surface area contributed by atoms with Crippen LogP contribution in [0.5, 0.6) is 0 Å². The van der Waals surface area contributed by atoms with Gasteiger partial charge in [0.15, 0.2) is 11.6 Å². The molecule has 2 N–H and O–H groups in total. The van der Waals surface area contributed by atoms with Crippen molar-refractivity contribution in [3.63, 3.8) is 0 Å². The molecule has 2 fully saturated rings. The van der Waals surface area contributed by atoms with Crippen molar-refractivity contribution in [3.8, 4) is 0 Å². The molecule has 132 valence electrons. The molecule has 1 aliphatic heterocycles. The van der Waals surface area contributed by atoms with Gasteiger partial charge >= 0.3 is 0 Å². The predicted molar refractivity (Wildman–Crippen MR) is 90.3 cm³/mol. The van der Waals surface area contributed by atoms with E-state index in [1.807, 2.05) is 11.0 Å². The van der Waals surface area contributed by atoms with E-state index in [1.165, 1.54) is 25.2 Å². The number of aliphatic hydroxyl groups is 1. The summed E-state index contributed by atoms with van der Waals surface area (Å²) < 4.78 is 26.8. The number of rotatable bonds is 5. The van der Waals surface area contributed by atoms with Crippen LogP contribution in [0.1, 0.15) is 30.9 Å². The zero-order chi connectivity index (χ0) is 17.4. The van der Waals surface area contributed by atoms with E-state index in [9.17, 15) is 13.9 Å². The minimum Gasteiger partial charge on any atom is -0.391 e. The number of nitrogens with zero attached hydrogens (tertiary/aromatic N) is 3. The predicted octanol–water partition coefficient (Wildman–Crippen LogP) is 2.89. The molecule has 1 aliphatic carbocycles. The third-order valence-corrected chi connectivity index (χ3v) is 4.82. The first-order chi connectivity index (χ1) is 12.1. The summed E-state index contributed by atoms with van der Waals surface area (Å²) in [7, 11) is 0. The maximum Gasteiger partial charge on any atom is 0.159 e. The molecular formula is C18H20F2N4O. The lowest BCUT2D eigenvalue weighted by molar-refractivity contribution is 0.194. The number of halogens is 2. The highest BCUT2D eigenvalue weighted by Gasteiger charge is 2.33. The molecule has 5 nitrogen and oxygen atoms in total. The Morgan fingerprint density at radius 3 is 2.76 bits per heavy atom. The Bertz CT molecular complexity index is 768. The fraction of sp³-hybridized carbons (Fsp3) is 0.444. The summed E-state index contributed by atoms with van der Waals surface area (Å²) in [6.45, 7) is 1.29. The van der Waals surface area contributed by atoms with Gasteiger partial charge in [-0.1, -0.05) is 6.07 Å². The third kappa shape index (κ3) is 3.56. The molecule has 0 unspecified atom stereocenters. The van der Waals surface area contributed by atoms with E-state index in [0.717, 1.165) is 24.3 Å². The summed E-state index contributed by atoms with van der Waals surface area (Å²) >= 11 is 0. The van der Waals surface area contributed by atoms with E-state index in [0.29, 0.717) is 24.3 Å². The van der Waals surface area contributed by atoms with Crippen molar-refractivity contribution in [2.24, 2.45) is 5.92 Å². The highest BCUT2D eigenvalue weighted by Crippen LogP contribution is 2.36. The number of aliphatic hydroxyl groups excluding tert-OH is 1. The molecule has 4 rings (SSSR count). The molecule has 1 aromatic heterocycles. The normalized spacial score (nSPS) is 23.1. The smallest absolute Gasteiger partial charge is 0.159 e. The second-order valence-corrected chi connectivity index (χ2v) is 6.82. The van der Waals surface area contributed by atoms with Gasteiger partial charge in [-0.3, -0.25) is 0 Å². The van der Waals surface area contributed by atoms with Crippen LogP contribution in [-0.4, -0.2) is 34.3 Å². The third-order valence-electron chi connectivity index (χ3n) is 4.82. The molecule has 7 heteroatoms. The van der Waals surface area contributed by atoms with Gasteiger partial charge in [0.25, 0.3) is 0 Å². The number of β-amino-alcohol motifs (C(OH)–C–C–N with tert-alkyl or cyclic N) is 1. The molecule has 0 amide bonds. The first-order valence-electron chi connectivity index (χ1n) is 8.55. The first-order valence-corrected chi connectivity index (χ1v) is 8.55. The number of nitrogens with one attached hydrogen (secondary N) is 1. The molecule has 1 saturated heterocycles. The number of anilines is 2. The van der Waals surface area contributed by atoms with E-state index < -0.39 is 17.7 Å². The van der Waals surface area contributed by atoms with Crippen molar-refractivity contribution in [3.05, 3.63) is 47.8 Å². The Morgan fingerprint density at radius 2 is 2.00 bits per heavy atom. The summed E-state index contributed by atoms with van der Waals surface area (Å²) in [4.78, 5) is 10.5. The summed E-state index contributed by atoms with van der Waals surface area (Å²) in [5.74, 6) is 0.375. The summed E-state index contributed by atoms with van der Waals surface area (Å²) in [5.41, 5.74) is 0.626. The fourth-order valence-corrected chi connectivity index (χ4v) is 3.27. The van der Waals surface area contributed by atoms with Crippen LogP contribution in [0.3, 0.4) is 0 Å². The van der Waals surface area contributed by atoms with Crippen LogP contribution >= 0.6 is 0 Å². The largest absolute Gasteiger partial charge is 0.391 e. The molecule has 0 spiro atoms. The minimum absolute atomic E-state index is 0.253. The Kier molecular flexibility index (Phi) is 4.25. The van der Waals surface area contributed by atoms with Crippen LogP contribution in [-0.2, 0) is 0 Å². The van der Waals surface area contributed by atoms with Crippen LogP contribution in [0.4, 0.5) is 20.4 Å². The molecule has 0 radical (unpaired) electrons. The lowest BCUT2D eigenvalue weighted by atomic mass is 10.0. The maximum atomic E-state index is 13.6. The van der Waals surface area contributed by atoms with Gasteiger partial charge in [-0.05, 0) is 42.9 Å². The van der Waals surface area contributed by atoms with E-state index in [-0.39, 0.29) is 6.04 Å². The molecule has 1 saturated carbocycles.